The zero-order valence-electron chi connectivity index (χ0n) is 8.86. The first-order valence-corrected chi connectivity index (χ1v) is 5.78. The second-order valence-corrected chi connectivity index (χ2v) is 4.57. The summed E-state index contributed by atoms with van der Waals surface area (Å²) in [6, 6.07) is 2.54. The smallest absolute Gasteiger partial charge is 0.0263 e. The average molecular weight is 213 g/mol. The van der Waals surface area contributed by atoms with E-state index in [1.54, 1.807) is 11.3 Å². The van der Waals surface area contributed by atoms with Gasteiger partial charge in [0.2, 0.25) is 0 Å². The highest BCUT2D eigenvalue weighted by Gasteiger charge is 2.07. The summed E-state index contributed by atoms with van der Waals surface area (Å²) in [5.74, 6) is 5.51. The van der Waals surface area contributed by atoms with Gasteiger partial charge in [-0.25, -0.2) is 0 Å². The number of hydrogen-bond acceptors (Lipinski definition) is 4. The molecule has 4 heteroatoms. The zero-order chi connectivity index (χ0) is 10.4. The molecule has 80 valence electrons. The largest absolute Gasteiger partial charge is 0.309 e. The fraction of sp³-hybridized carbons (Fsp3) is 0.600. The summed E-state index contributed by atoms with van der Waals surface area (Å²) in [4.78, 5) is 2.18. The fourth-order valence-electron chi connectivity index (χ4n) is 1.35. The molecule has 1 aromatic heterocycles. The summed E-state index contributed by atoms with van der Waals surface area (Å²) >= 11 is 1.74. The van der Waals surface area contributed by atoms with Gasteiger partial charge >= 0.3 is 0 Å². The van der Waals surface area contributed by atoms with E-state index in [2.05, 4.69) is 41.2 Å². The topological polar surface area (TPSA) is 41.3 Å². The zero-order valence-corrected chi connectivity index (χ0v) is 9.68. The van der Waals surface area contributed by atoms with Gasteiger partial charge in [0.15, 0.2) is 0 Å². The molecule has 3 nitrogen and oxygen atoms in total. The van der Waals surface area contributed by atoms with Crippen LogP contribution in [-0.4, -0.2) is 31.6 Å². The van der Waals surface area contributed by atoms with Crippen molar-refractivity contribution in [3.05, 3.63) is 22.4 Å². The Hall–Kier alpha value is -0.420. The molecule has 0 saturated carbocycles. The van der Waals surface area contributed by atoms with E-state index in [1.807, 2.05) is 0 Å². The Morgan fingerprint density at radius 1 is 1.57 bits per heavy atom. The third-order valence-electron chi connectivity index (χ3n) is 2.22. The van der Waals surface area contributed by atoms with Crippen LogP contribution in [0.15, 0.2) is 16.8 Å². The minimum Gasteiger partial charge on any atom is -0.309 e. The van der Waals surface area contributed by atoms with Gasteiger partial charge < -0.3 is 4.90 Å². The van der Waals surface area contributed by atoms with Crippen LogP contribution in [0, 0.1) is 0 Å². The van der Waals surface area contributed by atoms with E-state index in [0.29, 0.717) is 6.04 Å². The molecule has 0 spiro atoms. The highest BCUT2D eigenvalue weighted by molar-refractivity contribution is 7.07. The molecule has 1 aromatic rings. The minimum atomic E-state index is 0.381. The quantitative estimate of drug-likeness (QED) is 0.549. The molecule has 0 bridgehead atoms. The van der Waals surface area contributed by atoms with Crippen molar-refractivity contribution in [2.24, 2.45) is 5.84 Å². The average Bonchev–Trinajstić information content (AvgIpc) is 2.64. The predicted molar refractivity (Wildman–Crippen MR) is 62.3 cm³/mol. The van der Waals surface area contributed by atoms with Gasteiger partial charge in [-0.1, -0.05) is 0 Å². The molecule has 0 aromatic carbocycles. The van der Waals surface area contributed by atoms with Gasteiger partial charge in [0.05, 0.1) is 0 Å². The predicted octanol–water partition coefficient (Wildman–Crippen LogP) is 1.07. The summed E-state index contributed by atoms with van der Waals surface area (Å²) in [5, 5.41) is 4.29. The van der Waals surface area contributed by atoms with E-state index in [-0.39, 0.29) is 0 Å². The molecule has 0 aliphatic carbocycles. The fourth-order valence-corrected chi connectivity index (χ4v) is 2.03. The number of rotatable bonds is 6. The van der Waals surface area contributed by atoms with Crippen LogP contribution in [0.25, 0.3) is 0 Å². The van der Waals surface area contributed by atoms with Crippen molar-refractivity contribution in [1.29, 1.82) is 0 Å². The van der Waals surface area contributed by atoms with E-state index < -0.39 is 0 Å². The summed E-state index contributed by atoms with van der Waals surface area (Å²) < 4.78 is 0. The third-order valence-corrected chi connectivity index (χ3v) is 2.95. The molecule has 3 N–H and O–H groups in total. The number of nitrogens with two attached hydrogens (primary N) is 1. The van der Waals surface area contributed by atoms with Crippen LogP contribution in [0.2, 0.25) is 0 Å². The summed E-state index contributed by atoms with van der Waals surface area (Å²) in [7, 11) is 4.16. The van der Waals surface area contributed by atoms with Crippen molar-refractivity contribution in [3.63, 3.8) is 0 Å². The number of thiophene rings is 1. The Morgan fingerprint density at radius 3 is 2.86 bits per heavy atom. The summed E-state index contributed by atoms with van der Waals surface area (Å²) in [6.07, 6.45) is 2.10. The molecule has 14 heavy (non-hydrogen) atoms. The van der Waals surface area contributed by atoms with Crippen LogP contribution >= 0.6 is 11.3 Å². The van der Waals surface area contributed by atoms with Crippen LogP contribution in [-0.2, 0) is 6.42 Å². The molecule has 0 aliphatic rings. The maximum atomic E-state index is 5.51. The van der Waals surface area contributed by atoms with Gasteiger partial charge in [0.25, 0.3) is 0 Å². The standard InChI is InChI=1S/C10H19N3S/c1-13(2)5-3-10(12-11)7-9-4-6-14-8-9/h4,6,8,10,12H,3,5,7,11H2,1-2H3. The van der Waals surface area contributed by atoms with Gasteiger partial charge in [-0.3, -0.25) is 11.3 Å². The number of hydrazine groups is 1. The van der Waals surface area contributed by atoms with Gasteiger partial charge in [0.1, 0.15) is 0 Å². The van der Waals surface area contributed by atoms with E-state index in [4.69, 9.17) is 5.84 Å². The van der Waals surface area contributed by atoms with Crippen LogP contribution in [0.4, 0.5) is 0 Å². The molecule has 0 radical (unpaired) electrons. The van der Waals surface area contributed by atoms with E-state index in [0.717, 1.165) is 19.4 Å². The van der Waals surface area contributed by atoms with Crippen LogP contribution in [0.1, 0.15) is 12.0 Å². The highest BCUT2D eigenvalue weighted by Crippen LogP contribution is 2.09. The molecule has 0 fully saturated rings. The first-order valence-electron chi connectivity index (χ1n) is 4.84. The lowest BCUT2D eigenvalue weighted by Gasteiger charge is -2.17. The molecule has 0 aliphatic heterocycles. The molecular formula is C10H19N3S. The van der Waals surface area contributed by atoms with Crippen LogP contribution in [0.3, 0.4) is 0 Å². The molecular weight excluding hydrogens is 194 g/mol. The molecule has 1 rings (SSSR count). The van der Waals surface area contributed by atoms with Crippen LogP contribution < -0.4 is 11.3 Å². The van der Waals surface area contributed by atoms with E-state index in [9.17, 15) is 0 Å². The lowest BCUT2D eigenvalue weighted by atomic mass is 10.1. The SMILES string of the molecule is CN(C)CCC(Cc1ccsc1)NN. The number of nitrogens with one attached hydrogen (secondary N) is 1. The Bertz CT molecular complexity index is 234. The monoisotopic (exact) mass is 213 g/mol. The van der Waals surface area contributed by atoms with Crippen molar-refractivity contribution < 1.29 is 0 Å². The Balaban J connectivity index is 2.32. The summed E-state index contributed by atoms with van der Waals surface area (Å²) in [5.41, 5.74) is 4.25. The first-order chi connectivity index (χ1) is 6.72. The van der Waals surface area contributed by atoms with Gasteiger partial charge in [-0.2, -0.15) is 11.3 Å². The molecule has 1 unspecified atom stereocenters. The second-order valence-electron chi connectivity index (χ2n) is 3.79. The van der Waals surface area contributed by atoms with Crippen LogP contribution in [0.5, 0.6) is 0 Å². The second kappa shape index (κ2) is 6.14. The molecule has 1 atom stereocenters. The molecule has 0 saturated heterocycles. The van der Waals surface area contributed by atoms with Gasteiger partial charge in [-0.05, 0) is 55.9 Å². The molecule has 1 heterocycles. The van der Waals surface area contributed by atoms with Crippen molar-refractivity contribution in [3.8, 4) is 0 Å². The number of hydrogen-bond donors (Lipinski definition) is 2. The molecule has 0 amide bonds. The Morgan fingerprint density at radius 2 is 2.36 bits per heavy atom. The first kappa shape index (κ1) is 11.7. The Labute approximate surface area is 89.9 Å². The normalized spacial score (nSPS) is 13.4. The lowest BCUT2D eigenvalue weighted by Crippen LogP contribution is -2.38. The van der Waals surface area contributed by atoms with Crippen molar-refractivity contribution in [2.75, 3.05) is 20.6 Å². The summed E-state index contributed by atoms with van der Waals surface area (Å²) in [6.45, 7) is 1.07. The minimum absolute atomic E-state index is 0.381. The van der Waals surface area contributed by atoms with Crippen molar-refractivity contribution in [1.82, 2.24) is 10.3 Å². The third kappa shape index (κ3) is 4.19. The highest BCUT2D eigenvalue weighted by atomic mass is 32.1. The van der Waals surface area contributed by atoms with E-state index in [1.165, 1.54) is 5.56 Å². The lowest BCUT2D eigenvalue weighted by molar-refractivity contribution is 0.358. The van der Waals surface area contributed by atoms with E-state index >= 15 is 0 Å². The maximum Gasteiger partial charge on any atom is 0.0263 e. The maximum absolute atomic E-state index is 5.51. The van der Waals surface area contributed by atoms with Crippen molar-refractivity contribution >= 4 is 11.3 Å². The number of nitrogens with zero attached hydrogens (tertiary/aromatic N) is 1. The van der Waals surface area contributed by atoms with Gasteiger partial charge in [0, 0.05) is 6.04 Å². The Kier molecular flexibility index (Phi) is 5.11. The van der Waals surface area contributed by atoms with Crippen molar-refractivity contribution in [2.45, 2.75) is 18.9 Å². The van der Waals surface area contributed by atoms with Gasteiger partial charge in [-0.15, -0.1) is 0 Å².